The van der Waals surface area contributed by atoms with Crippen LogP contribution in [0.25, 0.3) is 0 Å². The maximum absolute atomic E-state index is 11.6. The van der Waals surface area contributed by atoms with E-state index in [1.807, 2.05) is 0 Å². The van der Waals surface area contributed by atoms with Gasteiger partial charge in [-0.3, -0.25) is 9.69 Å². The molecule has 0 aromatic carbocycles. The Morgan fingerprint density at radius 1 is 1.33 bits per heavy atom. The van der Waals surface area contributed by atoms with Crippen LogP contribution in [-0.2, 0) is 4.79 Å². The van der Waals surface area contributed by atoms with Crippen molar-refractivity contribution in [3.63, 3.8) is 0 Å². The predicted octanol–water partition coefficient (Wildman–Crippen LogP) is 2.09. The summed E-state index contributed by atoms with van der Waals surface area (Å²) in [6, 6.07) is 0.215. The van der Waals surface area contributed by atoms with E-state index in [4.69, 9.17) is 0 Å². The molecular weight excluding hydrogens is 186 g/mol. The quantitative estimate of drug-likeness (QED) is 0.656. The molecule has 1 aliphatic heterocycles. The molecule has 0 aromatic rings. The van der Waals surface area contributed by atoms with Gasteiger partial charge in [-0.15, -0.1) is 0 Å². The van der Waals surface area contributed by atoms with Gasteiger partial charge in [-0.05, 0) is 50.0 Å². The summed E-state index contributed by atoms with van der Waals surface area (Å²) in [5.41, 5.74) is 1.18. The molecule has 1 heterocycles. The molecule has 2 heteroatoms. The van der Waals surface area contributed by atoms with Crippen molar-refractivity contribution in [3.8, 4) is 0 Å². The summed E-state index contributed by atoms with van der Waals surface area (Å²) in [5, 5.41) is 0. The summed E-state index contributed by atoms with van der Waals surface area (Å²) in [6.07, 6.45) is 5.40. The number of likely N-dealkylation sites (tertiary alicyclic amines) is 1. The average molecular weight is 207 g/mol. The van der Waals surface area contributed by atoms with Crippen molar-refractivity contribution in [2.24, 2.45) is 16.7 Å². The minimum atomic E-state index is 0.215. The number of nitrogens with zero attached hydrogens (tertiary/aromatic N) is 1. The zero-order chi connectivity index (χ0) is 10.8. The number of carbonyl (C=O) groups excluding carboxylic acids is 1. The summed E-state index contributed by atoms with van der Waals surface area (Å²) in [4.78, 5) is 13.9. The van der Waals surface area contributed by atoms with Crippen LogP contribution in [-0.4, -0.2) is 30.3 Å². The van der Waals surface area contributed by atoms with Gasteiger partial charge in [0, 0.05) is 6.54 Å². The van der Waals surface area contributed by atoms with E-state index in [0.29, 0.717) is 16.6 Å². The van der Waals surface area contributed by atoms with E-state index in [0.717, 1.165) is 12.3 Å². The second kappa shape index (κ2) is 2.65. The molecular formula is C13H21NO. The molecule has 0 aromatic heterocycles. The van der Waals surface area contributed by atoms with Crippen molar-refractivity contribution in [1.29, 1.82) is 0 Å². The fourth-order valence-corrected chi connectivity index (χ4v) is 4.72. The van der Waals surface area contributed by atoms with Gasteiger partial charge in [-0.2, -0.15) is 0 Å². The molecule has 0 radical (unpaired) electrons. The lowest BCUT2D eigenvalue weighted by Crippen LogP contribution is -2.31. The maximum Gasteiger partial charge on any atom is 0.146 e. The lowest BCUT2D eigenvalue weighted by atomic mass is 9.74. The van der Waals surface area contributed by atoms with E-state index in [1.165, 1.54) is 25.8 Å². The van der Waals surface area contributed by atoms with E-state index < -0.39 is 0 Å². The third kappa shape index (κ3) is 0.926. The molecule has 3 rings (SSSR count). The van der Waals surface area contributed by atoms with Crippen LogP contribution in [0.4, 0.5) is 0 Å². The van der Waals surface area contributed by atoms with E-state index in [-0.39, 0.29) is 6.04 Å². The first-order chi connectivity index (χ1) is 7.03. The van der Waals surface area contributed by atoms with E-state index in [2.05, 4.69) is 18.9 Å². The van der Waals surface area contributed by atoms with Gasteiger partial charge in [0.05, 0.1) is 6.04 Å². The molecule has 0 N–H and O–H groups in total. The van der Waals surface area contributed by atoms with Gasteiger partial charge in [0.2, 0.25) is 0 Å². The van der Waals surface area contributed by atoms with Crippen LogP contribution < -0.4 is 0 Å². The highest BCUT2D eigenvalue weighted by atomic mass is 16.1. The Hall–Kier alpha value is -0.370. The molecule has 84 valence electrons. The average Bonchev–Trinajstić information content (AvgIpc) is 2.45. The van der Waals surface area contributed by atoms with E-state index in [1.54, 1.807) is 6.92 Å². The number of fused-ring (bicyclic) bond motifs is 1. The van der Waals surface area contributed by atoms with Crippen molar-refractivity contribution in [2.75, 3.05) is 13.6 Å². The Morgan fingerprint density at radius 3 is 2.33 bits per heavy atom. The van der Waals surface area contributed by atoms with Crippen molar-refractivity contribution in [1.82, 2.24) is 4.90 Å². The minimum Gasteiger partial charge on any atom is -0.298 e. The highest BCUT2D eigenvalue weighted by Crippen LogP contribution is 2.81. The second-order valence-electron chi connectivity index (χ2n) is 6.13. The Labute approximate surface area is 92.0 Å². The highest BCUT2D eigenvalue weighted by Gasteiger charge is 2.77. The zero-order valence-electron chi connectivity index (χ0n) is 10.0. The summed E-state index contributed by atoms with van der Waals surface area (Å²) >= 11 is 0. The second-order valence-corrected chi connectivity index (χ2v) is 6.13. The SMILES string of the molecule is CC(=O)[C@@H]1C[C@]2(CN1C)C(C)C21CCC1. The van der Waals surface area contributed by atoms with E-state index >= 15 is 0 Å². The topological polar surface area (TPSA) is 20.3 Å². The molecule has 0 bridgehead atoms. The van der Waals surface area contributed by atoms with Crippen LogP contribution in [0, 0.1) is 16.7 Å². The molecule has 3 fully saturated rings. The van der Waals surface area contributed by atoms with Crippen LogP contribution in [0.2, 0.25) is 0 Å². The van der Waals surface area contributed by atoms with Crippen molar-refractivity contribution in [3.05, 3.63) is 0 Å². The van der Waals surface area contributed by atoms with Crippen molar-refractivity contribution < 1.29 is 4.79 Å². The van der Waals surface area contributed by atoms with Crippen LogP contribution in [0.1, 0.15) is 39.5 Å². The number of Topliss-reactive ketones (excluding diaryl/α,β-unsaturated/α-hetero) is 1. The van der Waals surface area contributed by atoms with Gasteiger partial charge in [-0.25, -0.2) is 0 Å². The fraction of sp³-hybridized carbons (Fsp3) is 0.923. The van der Waals surface area contributed by atoms with Crippen LogP contribution in [0.15, 0.2) is 0 Å². The number of likely N-dealkylation sites (N-methyl/N-ethyl adjacent to an activating group) is 1. The van der Waals surface area contributed by atoms with Crippen LogP contribution >= 0.6 is 0 Å². The lowest BCUT2D eigenvalue weighted by Gasteiger charge is -2.31. The number of hydrogen-bond acceptors (Lipinski definition) is 2. The smallest absolute Gasteiger partial charge is 0.146 e. The number of ketones is 1. The maximum atomic E-state index is 11.6. The number of carbonyl (C=O) groups is 1. The standard InChI is InChI=1S/C13H21NO/c1-9(15)11-7-13(8-14(11)3)10(2)12(13)5-4-6-12/h10-11H,4-8H2,1-3H3/t10?,11-,13-/m0/s1. The van der Waals surface area contributed by atoms with Gasteiger partial charge in [-0.1, -0.05) is 13.3 Å². The number of rotatable bonds is 1. The molecule has 2 spiro atoms. The molecule has 1 saturated heterocycles. The monoisotopic (exact) mass is 207 g/mol. The Balaban J connectivity index is 1.84. The van der Waals surface area contributed by atoms with Gasteiger partial charge in [0.1, 0.15) is 5.78 Å². The Morgan fingerprint density at radius 2 is 2.00 bits per heavy atom. The first-order valence-electron chi connectivity index (χ1n) is 6.24. The third-order valence-corrected chi connectivity index (χ3v) is 5.90. The molecule has 0 amide bonds. The third-order valence-electron chi connectivity index (χ3n) is 5.90. The molecule has 15 heavy (non-hydrogen) atoms. The summed E-state index contributed by atoms with van der Waals surface area (Å²) in [7, 11) is 2.12. The first-order valence-corrected chi connectivity index (χ1v) is 6.24. The van der Waals surface area contributed by atoms with Crippen LogP contribution in [0.5, 0.6) is 0 Å². The molecule has 2 saturated carbocycles. The Kier molecular flexibility index (Phi) is 1.74. The fourth-order valence-electron chi connectivity index (χ4n) is 4.72. The zero-order valence-corrected chi connectivity index (χ0v) is 10.0. The van der Waals surface area contributed by atoms with Gasteiger partial charge in [0.15, 0.2) is 0 Å². The molecule has 2 nitrogen and oxygen atoms in total. The first kappa shape index (κ1) is 9.83. The summed E-state index contributed by atoms with van der Waals surface area (Å²) in [6.45, 7) is 5.33. The van der Waals surface area contributed by atoms with Crippen molar-refractivity contribution >= 4 is 5.78 Å². The summed E-state index contributed by atoms with van der Waals surface area (Å²) in [5.74, 6) is 1.23. The largest absolute Gasteiger partial charge is 0.298 e. The van der Waals surface area contributed by atoms with Crippen LogP contribution in [0.3, 0.4) is 0 Å². The van der Waals surface area contributed by atoms with Gasteiger partial charge >= 0.3 is 0 Å². The normalized spacial score (nSPS) is 47.1. The molecule has 2 aliphatic carbocycles. The van der Waals surface area contributed by atoms with Gasteiger partial charge < -0.3 is 0 Å². The highest BCUT2D eigenvalue weighted by molar-refractivity contribution is 5.82. The number of hydrogen-bond donors (Lipinski definition) is 0. The van der Waals surface area contributed by atoms with Gasteiger partial charge in [0.25, 0.3) is 0 Å². The van der Waals surface area contributed by atoms with Crippen molar-refractivity contribution in [2.45, 2.75) is 45.6 Å². The van der Waals surface area contributed by atoms with E-state index in [9.17, 15) is 4.79 Å². The lowest BCUT2D eigenvalue weighted by molar-refractivity contribution is -0.120. The summed E-state index contributed by atoms with van der Waals surface area (Å²) < 4.78 is 0. The molecule has 1 unspecified atom stereocenters. The predicted molar refractivity (Wildman–Crippen MR) is 59.6 cm³/mol. The minimum absolute atomic E-state index is 0.215. The molecule has 3 atom stereocenters. The Bertz CT molecular complexity index is 320. The molecule has 3 aliphatic rings.